The van der Waals surface area contributed by atoms with Gasteiger partial charge in [-0.05, 0) is 18.4 Å². The minimum absolute atomic E-state index is 0.0984. The van der Waals surface area contributed by atoms with Crippen molar-refractivity contribution in [1.29, 1.82) is 0 Å². The average molecular weight is 204 g/mol. The molecule has 0 aliphatic carbocycles. The topological polar surface area (TPSA) is 62.8 Å². The zero-order chi connectivity index (χ0) is 10.8. The molecule has 15 heavy (non-hydrogen) atoms. The van der Waals surface area contributed by atoms with Crippen LogP contribution in [0.25, 0.3) is 0 Å². The quantitative estimate of drug-likeness (QED) is 0.709. The van der Waals surface area contributed by atoms with Gasteiger partial charge in [0, 0.05) is 6.21 Å². The highest BCUT2D eigenvalue weighted by atomic mass is 15.2. The molecule has 4 heteroatoms. The summed E-state index contributed by atoms with van der Waals surface area (Å²) in [6.45, 7) is 4.34. The molecule has 2 aliphatic heterocycles. The van der Waals surface area contributed by atoms with Crippen LogP contribution in [0.5, 0.6) is 0 Å². The van der Waals surface area contributed by atoms with Crippen molar-refractivity contribution in [3.05, 3.63) is 23.5 Å². The van der Waals surface area contributed by atoms with Crippen LogP contribution in [0.2, 0.25) is 0 Å². The first-order valence-corrected chi connectivity index (χ1v) is 5.21. The molecule has 0 bridgehead atoms. The molecule has 0 aromatic rings. The molecule has 0 aromatic carbocycles. The molecule has 0 aromatic heterocycles. The van der Waals surface area contributed by atoms with E-state index in [9.17, 15) is 0 Å². The second kappa shape index (κ2) is 3.88. The molecule has 0 saturated carbocycles. The van der Waals surface area contributed by atoms with Crippen molar-refractivity contribution in [2.45, 2.75) is 26.3 Å². The largest absolute Gasteiger partial charge is 0.370 e. The Kier molecular flexibility index (Phi) is 2.58. The summed E-state index contributed by atoms with van der Waals surface area (Å²) in [5.74, 6) is 1.05. The van der Waals surface area contributed by atoms with Crippen molar-refractivity contribution >= 4 is 12.2 Å². The maximum atomic E-state index is 5.66. The predicted octanol–water partition coefficient (Wildman–Crippen LogP) is 1.17. The van der Waals surface area contributed by atoms with E-state index >= 15 is 0 Å². The Hall–Kier alpha value is -1.58. The molecule has 0 saturated heterocycles. The van der Waals surface area contributed by atoms with E-state index in [1.54, 1.807) is 0 Å². The first-order chi connectivity index (χ1) is 7.16. The van der Waals surface area contributed by atoms with Crippen LogP contribution in [0.3, 0.4) is 0 Å². The standard InChI is InChI=1S/C11H16N4/c1-7(2)6-9-10-8(4-3-5-13-9)14-11(12)15-10/h3-5,7-8H,6H2,1-2H3,(H3,12,14,15). The number of nitrogens with zero attached hydrogens (tertiary/aromatic N) is 2. The lowest BCUT2D eigenvalue weighted by molar-refractivity contribution is 0.630. The minimum Gasteiger partial charge on any atom is -0.370 e. The average Bonchev–Trinajstić information content (AvgIpc) is 2.43. The third-order valence-corrected chi connectivity index (χ3v) is 2.36. The zero-order valence-corrected chi connectivity index (χ0v) is 9.07. The van der Waals surface area contributed by atoms with Crippen molar-refractivity contribution in [2.75, 3.05) is 0 Å². The molecule has 1 atom stereocenters. The molecule has 4 nitrogen and oxygen atoms in total. The number of nitrogens with two attached hydrogens (primary N) is 1. The number of hydrogen-bond acceptors (Lipinski definition) is 4. The van der Waals surface area contributed by atoms with E-state index in [0.29, 0.717) is 11.9 Å². The molecule has 0 amide bonds. The SMILES string of the molecule is CC(C)CC1=C2N=C(N)NC2C=CC=N1. The molecular weight excluding hydrogens is 188 g/mol. The van der Waals surface area contributed by atoms with Crippen molar-refractivity contribution in [1.82, 2.24) is 5.32 Å². The van der Waals surface area contributed by atoms with Crippen LogP contribution in [0.4, 0.5) is 0 Å². The summed E-state index contributed by atoms with van der Waals surface area (Å²) in [5.41, 5.74) is 7.66. The minimum atomic E-state index is 0.0984. The van der Waals surface area contributed by atoms with Crippen LogP contribution in [0, 0.1) is 5.92 Å². The smallest absolute Gasteiger partial charge is 0.194 e. The Balaban J connectivity index is 2.34. The maximum absolute atomic E-state index is 5.66. The summed E-state index contributed by atoms with van der Waals surface area (Å²) in [5, 5.41) is 3.10. The highest BCUT2D eigenvalue weighted by molar-refractivity contribution is 5.84. The fraction of sp³-hybridized carbons (Fsp3) is 0.455. The normalized spacial score (nSPS) is 23.9. The Labute approximate surface area is 89.7 Å². The van der Waals surface area contributed by atoms with Gasteiger partial charge in [0.05, 0.1) is 17.4 Å². The number of allylic oxidation sites excluding steroid dienone is 2. The van der Waals surface area contributed by atoms with Crippen LogP contribution in [0.15, 0.2) is 33.5 Å². The first-order valence-electron chi connectivity index (χ1n) is 5.21. The van der Waals surface area contributed by atoms with E-state index in [0.717, 1.165) is 17.8 Å². The lowest BCUT2D eigenvalue weighted by atomic mass is 10.0. The summed E-state index contributed by atoms with van der Waals surface area (Å²) in [7, 11) is 0. The highest BCUT2D eigenvalue weighted by Gasteiger charge is 2.23. The third kappa shape index (κ3) is 2.09. The number of nitrogens with one attached hydrogen (secondary N) is 1. The second-order valence-corrected chi connectivity index (χ2v) is 4.21. The van der Waals surface area contributed by atoms with Crippen LogP contribution < -0.4 is 11.1 Å². The lowest BCUT2D eigenvalue weighted by Crippen LogP contribution is -2.33. The summed E-state index contributed by atoms with van der Waals surface area (Å²) >= 11 is 0. The van der Waals surface area contributed by atoms with Gasteiger partial charge in [-0.25, -0.2) is 4.99 Å². The fourth-order valence-electron chi connectivity index (χ4n) is 1.75. The molecule has 2 heterocycles. The first kappa shape index (κ1) is 9.96. The Morgan fingerprint density at radius 1 is 1.53 bits per heavy atom. The molecule has 3 N–H and O–H groups in total. The zero-order valence-electron chi connectivity index (χ0n) is 9.07. The monoisotopic (exact) mass is 204 g/mol. The van der Waals surface area contributed by atoms with Gasteiger partial charge in [0.15, 0.2) is 5.96 Å². The van der Waals surface area contributed by atoms with Crippen LogP contribution >= 0.6 is 0 Å². The second-order valence-electron chi connectivity index (χ2n) is 4.21. The van der Waals surface area contributed by atoms with E-state index in [4.69, 9.17) is 5.73 Å². The highest BCUT2D eigenvalue weighted by Crippen LogP contribution is 2.24. The van der Waals surface area contributed by atoms with Gasteiger partial charge in [-0.15, -0.1) is 0 Å². The Morgan fingerprint density at radius 3 is 3.07 bits per heavy atom. The Morgan fingerprint density at radius 2 is 2.33 bits per heavy atom. The fourth-order valence-corrected chi connectivity index (χ4v) is 1.75. The number of guanidine groups is 1. The van der Waals surface area contributed by atoms with Crippen LogP contribution in [0.1, 0.15) is 20.3 Å². The van der Waals surface area contributed by atoms with Crippen LogP contribution in [-0.2, 0) is 0 Å². The van der Waals surface area contributed by atoms with Crippen molar-refractivity contribution in [2.24, 2.45) is 21.6 Å². The summed E-state index contributed by atoms with van der Waals surface area (Å²) < 4.78 is 0. The van der Waals surface area contributed by atoms with Gasteiger partial charge >= 0.3 is 0 Å². The van der Waals surface area contributed by atoms with Crippen molar-refractivity contribution < 1.29 is 0 Å². The van der Waals surface area contributed by atoms with Gasteiger partial charge in [-0.2, -0.15) is 0 Å². The lowest BCUT2D eigenvalue weighted by Gasteiger charge is -2.10. The van der Waals surface area contributed by atoms with Gasteiger partial charge in [-0.1, -0.05) is 19.9 Å². The van der Waals surface area contributed by atoms with Gasteiger partial charge in [0.1, 0.15) is 0 Å². The van der Waals surface area contributed by atoms with E-state index in [2.05, 4.69) is 29.1 Å². The van der Waals surface area contributed by atoms with Gasteiger partial charge in [-0.3, -0.25) is 4.99 Å². The third-order valence-electron chi connectivity index (χ3n) is 2.36. The van der Waals surface area contributed by atoms with Crippen LogP contribution in [-0.4, -0.2) is 18.2 Å². The van der Waals surface area contributed by atoms with Crippen molar-refractivity contribution in [3.8, 4) is 0 Å². The molecule has 0 radical (unpaired) electrons. The summed E-state index contributed by atoms with van der Waals surface area (Å²) in [4.78, 5) is 8.71. The molecule has 0 spiro atoms. The van der Waals surface area contributed by atoms with E-state index in [1.807, 2.05) is 18.4 Å². The summed E-state index contributed by atoms with van der Waals surface area (Å²) in [6, 6.07) is 0.0984. The predicted molar refractivity (Wildman–Crippen MR) is 62.7 cm³/mol. The molecule has 2 aliphatic rings. The maximum Gasteiger partial charge on any atom is 0.194 e. The van der Waals surface area contributed by atoms with Gasteiger partial charge < -0.3 is 11.1 Å². The number of aliphatic imine (C=N–C) groups is 2. The van der Waals surface area contributed by atoms with E-state index in [-0.39, 0.29) is 6.04 Å². The number of rotatable bonds is 2. The number of fused-ring (bicyclic) bond motifs is 1. The molecule has 1 unspecified atom stereocenters. The van der Waals surface area contributed by atoms with E-state index in [1.165, 1.54) is 0 Å². The van der Waals surface area contributed by atoms with Gasteiger partial charge in [0.2, 0.25) is 0 Å². The summed E-state index contributed by atoms with van der Waals surface area (Å²) in [6.07, 6.45) is 6.70. The van der Waals surface area contributed by atoms with E-state index < -0.39 is 0 Å². The Bertz CT molecular complexity index is 374. The molecule has 2 rings (SSSR count). The molecule has 0 fully saturated rings. The molecule has 80 valence electrons. The molecular formula is C11H16N4. The van der Waals surface area contributed by atoms with Gasteiger partial charge in [0.25, 0.3) is 0 Å². The van der Waals surface area contributed by atoms with Crippen molar-refractivity contribution in [3.63, 3.8) is 0 Å². The number of hydrogen-bond donors (Lipinski definition) is 2.